The van der Waals surface area contributed by atoms with E-state index >= 15 is 0 Å². The molecule has 2 aromatic rings. The van der Waals surface area contributed by atoms with Crippen LogP contribution >= 0.6 is 0 Å². The highest BCUT2D eigenvalue weighted by atomic mass is 16.5. The largest absolute Gasteiger partial charge is 0.480 e. The van der Waals surface area contributed by atoms with E-state index in [-0.39, 0.29) is 24.4 Å². The van der Waals surface area contributed by atoms with Crippen LogP contribution in [0.25, 0.3) is 0 Å². The van der Waals surface area contributed by atoms with E-state index in [0.29, 0.717) is 5.69 Å². The van der Waals surface area contributed by atoms with Crippen molar-refractivity contribution in [2.24, 2.45) is 5.92 Å². The number of aryl methyl sites for hydroxylation is 2. The third-order valence-electron chi connectivity index (χ3n) is 6.85. The molecule has 0 saturated heterocycles. The van der Waals surface area contributed by atoms with E-state index in [1.807, 2.05) is 30.3 Å². The molecule has 34 heavy (non-hydrogen) atoms. The highest BCUT2D eigenvalue weighted by Gasteiger charge is 2.37. The highest BCUT2D eigenvalue weighted by molar-refractivity contribution is 6.00. The standard InChI is InChI=1S/C27H32N2O5/c1-3-34-27(33)25(22-13-19-7-4-5-8-20(19)14-22)28-17(2)26(32)29(16-24(30)31)23-12-11-18-9-6-10-21(18)15-23/h4-5,7-8,11-12,15,17,22,25,28H,3,6,9-10,13-14,16H2,1-2H3,(H,30,31)/t17-,25?/m0/s1. The number of esters is 1. The predicted molar refractivity (Wildman–Crippen MR) is 129 cm³/mol. The van der Waals surface area contributed by atoms with Gasteiger partial charge in [-0.05, 0) is 86.3 Å². The number of carboxylic acid groups (broad SMARTS) is 1. The highest BCUT2D eigenvalue weighted by Crippen LogP contribution is 2.30. The molecule has 2 N–H and O–H groups in total. The van der Waals surface area contributed by atoms with Crippen LogP contribution in [0.15, 0.2) is 42.5 Å². The fourth-order valence-electron chi connectivity index (χ4n) is 5.19. The van der Waals surface area contributed by atoms with E-state index in [4.69, 9.17) is 4.74 Å². The zero-order chi connectivity index (χ0) is 24.2. The molecule has 0 heterocycles. The number of carboxylic acids is 1. The van der Waals surface area contributed by atoms with Gasteiger partial charge in [0.25, 0.3) is 0 Å². The Morgan fingerprint density at radius 2 is 1.74 bits per heavy atom. The van der Waals surface area contributed by atoms with Crippen molar-refractivity contribution in [3.05, 3.63) is 64.7 Å². The molecular weight excluding hydrogens is 432 g/mol. The molecule has 0 aromatic heterocycles. The lowest BCUT2D eigenvalue weighted by Gasteiger charge is -2.30. The zero-order valence-electron chi connectivity index (χ0n) is 19.8. The Labute approximate surface area is 200 Å². The fraction of sp³-hybridized carbons (Fsp3) is 0.444. The number of carbonyl (C=O) groups excluding carboxylic acids is 2. The molecule has 0 fully saturated rings. The minimum Gasteiger partial charge on any atom is -0.480 e. The normalized spacial score (nSPS) is 16.4. The topological polar surface area (TPSA) is 95.9 Å². The molecule has 0 saturated carbocycles. The molecule has 7 nitrogen and oxygen atoms in total. The van der Waals surface area contributed by atoms with Gasteiger partial charge in [0.15, 0.2) is 0 Å². The summed E-state index contributed by atoms with van der Waals surface area (Å²) in [5, 5.41) is 12.7. The van der Waals surface area contributed by atoms with Crippen LogP contribution in [-0.2, 0) is 44.8 Å². The van der Waals surface area contributed by atoms with Crippen molar-refractivity contribution in [2.75, 3.05) is 18.1 Å². The minimum absolute atomic E-state index is 0.0420. The summed E-state index contributed by atoms with van der Waals surface area (Å²) in [6, 6.07) is 12.4. The maximum absolute atomic E-state index is 13.5. The second-order valence-corrected chi connectivity index (χ2v) is 9.18. The van der Waals surface area contributed by atoms with E-state index in [1.54, 1.807) is 13.8 Å². The van der Waals surface area contributed by atoms with Crippen LogP contribution in [-0.4, -0.2) is 48.2 Å². The van der Waals surface area contributed by atoms with Crippen LogP contribution in [0.2, 0.25) is 0 Å². The molecule has 0 bridgehead atoms. The molecule has 0 radical (unpaired) electrons. The van der Waals surface area contributed by atoms with Gasteiger partial charge in [-0.3, -0.25) is 24.6 Å². The summed E-state index contributed by atoms with van der Waals surface area (Å²) in [4.78, 5) is 39.3. The predicted octanol–water partition coefficient (Wildman–Crippen LogP) is 2.92. The Morgan fingerprint density at radius 3 is 2.38 bits per heavy atom. The van der Waals surface area contributed by atoms with Gasteiger partial charge in [0.05, 0.1) is 12.6 Å². The summed E-state index contributed by atoms with van der Waals surface area (Å²) in [5.41, 5.74) is 5.39. The van der Waals surface area contributed by atoms with Crippen LogP contribution in [0.4, 0.5) is 5.69 Å². The Kier molecular flexibility index (Phi) is 7.32. The molecule has 4 rings (SSSR count). The van der Waals surface area contributed by atoms with Crippen molar-refractivity contribution in [3.63, 3.8) is 0 Å². The van der Waals surface area contributed by atoms with Gasteiger partial charge < -0.3 is 9.84 Å². The number of carbonyl (C=O) groups is 3. The lowest BCUT2D eigenvalue weighted by Crippen LogP contribution is -2.54. The fourth-order valence-corrected chi connectivity index (χ4v) is 5.19. The van der Waals surface area contributed by atoms with Crippen LogP contribution in [0.3, 0.4) is 0 Å². The van der Waals surface area contributed by atoms with Crippen molar-refractivity contribution >= 4 is 23.5 Å². The first kappa shape index (κ1) is 24.0. The van der Waals surface area contributed by atoms with E-state index < -0.39 is 24.6 Å². The number of nitrogens with zero attached hydrogens (tertiary/aromatic N) is 1. The van der Waals surface area contributed by atoms with Crippen molar-refractivity contribution in [1.82, 2.24) is 5.32 Å². The van der Waals surface area contributed by atoms with Crippen LogP contribution in [0.5, 0.6) is 0 Å². The van der Waals surface area contributed by atoms with E-state index in [1.165, 1.54) is 21.6 Å². The SMILES string of the molecule is CCOC(=O)C(N[C@@H](C)C(=O)N(CC(=O)O)c1ccc2c(c1)CCC2)C1Cc2ccccc2C1. The number of aliphatic carboxylic acids is 1. The molecule has 0 spiro atoms. The van der Waals surface area contributed by atoms with Crippen LogP contribution < -0.4 is 10.2 Å². The average molecular weight is 465 g/mol. The number of hydrogen-bond acceptors (Lipinski definition) is 5. The number of hydrogen-bond donors (Lipinski definition) is 2. The van der Waals surface area contributed by atoms with E-state index in [2.05, 4.69) is 17.4 Å². The molecule has 2 aromatic carbocycles. The third kappa shape index (κ3) is 5.14. The van der Waals surface area contributed by atoms with Crippen molar-refractivity contribution < 1.29 is 24.2 Å². The Balaban J connectivity index is 1.54. The van der Waals surface area contributed by atoms with Crippen LogP contribution in [0.1, 0.15) is 42.5 Å². The number of anilines is 1. The summed E-state index contributed by atoms with van der Waals surface area (Å²) < 4.78 is 5.34. The molecule has 2 atom stereocenters. The molecule has 180 valence electrons. The number of amides is 1. The first-order chi connectivity index (χ1) is 16.4. The number of benzene rings is 2. The van der Waals surface area contributed by atoms with Gasteiger partial charge in [-0.2, -0.15) is 0 Å². The molecule has 2 aliphatic carbocycles. The van der Waals surface area contributed by atoms with E-state index in [9.17, 15) is 19.5 Å². The molecule has 2 aliphatic rings. The summed E-state index contributed by atoms with van der Waals surface area (Å²) >= 11 is 0. The summed E-state index contributed by atoms with van der Waals surface area (Å²) in [6.07, 6.45) is 4.44. The summed E-state index contributed by atoms with van der Waals surface area (Å²) in [6.45, 7) is 3.25. The van der Waals surface area contributed by atoms with Gasteiger partial charge in [-0.1, -0.05) is 30.3 Å². The Hall–Kier alpha value is -3.19. The lowest BCUT2D eigenvalue weighted by atomic mass is 9.95. The maximum Gasteiger partial charge on any atom is 0.323 e. The van der Waals surface area contributed by atoms with Gasteiger partial charge in [0.1, 0.15) is 12.6 Å². The molecule has 7 heteroatoms. The Morgan fingerprint density at radius 1 is 1.06 bits per heavy atom. The lowest BCUT2D eigenvalue weighted by molar-refractivity contribution is -0.147. The smallest absolute Gasteiger partial charge is 0.323 e. The molecule has 0 aliphatic heterocycles. The Bertz CT molecular complexity index is 1060. The van der Waals surface area contributed by atoms with Crippen molar-refractivity contribution in [3.8, 4) is 0 Å². The van der Waals surface area contributed by atoms with Crippen molar-refractivity contribution in [2.45, 2.75) is 58.0 Å². The molecule has 1 amide bonds. The number of nitrogens with one attached hydrogen (secondary N) is 1. The molecular formula is C27H32N2O5. The van der Waals surface area contributed by atoms with Gasteiger partial charge in [-0.15, -0.1) is 0 Å². The van der Waals surface area contributed by atoms with Gasteiger partial charge >= 0.3 is 11.9 Å². The molecule has 1 unspecified atom stereocenters. The number of fused-ring (bicyclic) bond motifs is 2. The van der Waals surface area contributed by atoms with Crippen LogP contribution in [0, 0.1) is 5.92 Å². The summed E-state index contributed by atoms with van der Waals surface area (Å²) in [5.74, 6) is -1.90. The quantitative estimate of drug-likeness (QED) is 0.554. The van der Waals surface area contributed by atoms with Gasteiger partial charge in [0, 0.05) is 5.69 Å². The van der Waals surface area contributed by atoms with Gasteiger partial charge in [0.2, 0.25) is 5.91 Å². The second-order valence-electron chi connectivity index (χ2n) is 9.18. The maximum atomic E-state index is 13.5. The average Bonchev–Trinajstić information content (AvgIpc) is 3.46. The number of ether oxygens (including phenoxy) is 1. The zero-order valence-corrected chi connectivity index (χ0v) is 19.8. The van der Waals surface area contributed by atoms with Crippen molar-refractivity contribution in [1.29, 1.82) is 0 Å². The monoisotopic (exact) mass is 464 g/mol. The van der Waals surface area contributed by atoms with E-state index in [0.717, 1.165) is 37.7 Å². The first-order valence-corrected chi connectivity index (χ1v) is 12.0. The number of rotatable bonds is 9. The van der Waals surface area contributed by atoms with Gasteiger partial charge in [-0.25, -0.2) is 0 Å². The minimum atomic E-state index is -1.09. The second kappa shape index (κ2) is 10.4. The first-order valence-electron chi connectivity index (χ1n) is 12.0. The third-order valence-corrected chi connectivity index (χ3v) is 6.85. The summed E-state index contributed by atoms with van der Waals surface area (Å²) in [7, 11) is 0.